The Labute approximate surface area is 164 Å². The van der Waals surface area contributed by atoms with Crippen molar-refractivity contribution in [2.45, 2.75) is 41.9 Å². The van der Waals surface area contributed by atoms with Crippen LogP contribution in [0, 0.1) is 5.82 Å². The Morgan fingerprint density at radius 1 is 1.25 bits per heavy atom. The zero-order valence-electron chi connectivity index (χ0n) is 15.8. The standard InChI is InChI=1S/C21H24FNO4S/c1-2-27-21(24)14-23-13-16-7-5-6-15-12-17(10-11-18(15)16)28(25,26)20-9-4-3-8-19(20)22/h3-4,8-12,16,23H,2,5-7,13-14H2,1H3/t16-/m0/s1. The summed E-state index contributed by atoms with van der Waals surface area (Å²) in [6.45, 7) is 2.89. The first-order valence-electron chi connectivity index (χ1n) is 9.42. The molecule has 0 saturated heterocycles. The van der Waals surface area contributed by atoms with Crippen molar-refractivity contribution in [2.75, 3.05) is 19.7 Å². The van der Waals surface area contributed by atoms with Crippen LogP contribution >= 0.6 is 0 Å². The van der Waals surface area contributed by atoms with E-state index in [1.807, 2.05) is 6.07 Å². The summed E-state index contributed by atoms with van der Waals surface area (Å²) in [5.74, 6) is -0.838. The lowest BCUT2D eigenvalue weighted by Gasteiger charge is -2.26. The van der Waals surface area contributed by atoms with Crippen molar-refractivity contribution in [3.05, 3.63) is 59.4 Å². The van der Waals surface area contributed by atoms with E-state index in [-0.39, 0.29) is 28.2 Å². The van der Waals surface area contributed by atoms with E-state index in [4.69, 9.17) is 4.74 Å². The molecule has 0 aromatic heterocycles. The van der Waals surface area contributed by atoms with Crippen molar-refractivity contribution in [2.24, 2.45) is 0 Å². The number of nitrogens with one attached hydrogen (secondary N) is 1. The summed E-state index contributed by atoms with van der Waals surface area (Å²) >= 11 is 0. The van der Waals surface area contributed by atoms with Crippen molar-refractivity contribution in [1.82, 2.24) is 5.32 Å². The van der Waals surface area contributed by atoms with Gasteiger partial charge in [-0.25, -0.2) is 12.8 Å². The smallest absolute Gasteiger partial charge is 0.319 e. The molecule has 1 aliphatic carbocycles. The van der Waals surface area contributed by atoms with Crippen molar-refractivity contribution >= 4 is 15.8 Å². The molecule has 0 unspecified atom stereocenters. The number of esters is 1. The lowest BCUT2D eigenvalue weighted by Crippen LogP contribution is -2.30. The van der Waals surface area contributed by atoms with E-state index in [0.29, 0.717) is 13.2 Å². The second-order valence-electron chi connectivity index (χ2n) is 6.82. The van der Waals surface area contributed by atoms with Crippen molar-refractivity contribution in [1.29, 1.82) is 0 Å². The Morgan fingerprint density at radius 3 is 2.79 bits per heavy atom. The van der Waals surface area contributed by atoms with Crippen LogP contribution < -0.4 is 5.32 Å². The van der Waals surface area contributed by atoms with Gasteiger partial charge in [-0.3, -0.25) is 4.79 Å². The average molecular weight is 405 g/mol. The fourth-order valence-corrected chi connectivity index (χ4v) is 5.00. The van der Waals surface area contributed by atoms with Gasteiger partial charge in [0.1, 0.15) is 10.7 Å². The second-order valence-corrected chi connectivity index (χ2v) is 8.74. The van der Waals surface area contributed by atoms with E-state index in [0.717, 1.165) is 36.5 Å². The Morgan fingerprint density at radius 2 is 2.04 bits per heavy atom. The Bertz CT molecular complexity index is 959. The Kier molecular flexibility index (Phi) is 6.46. The van der Waals surface area contributed by atoms with Crippen LogP contribution in [0.3, 0.4) is 0 Å². The quantitative estimate of drug-likeness (QED) is 0.716. The molecule has 0 saturated carbocycles. The molecule has 0 bridgehead atoms. The molecule has 2 aromatic carbocycles. The summed E-state index contributed by atoms with van der Waals surface area (Å²) in [5, 5.41) is 3.12. The first-order chi connectivity index (χ1) is 13.4. The molecular weight excluding hydrogens is 381 g/mol. The Balaban J connectivity index is 1.79. The number of hydrogen-bond acceptors (Lipinski definition) is 5. The third kappa shape index (κ3) is 4.42. The fraction of sp³-hybridized carbons (Fsp3) is 0.381. The molecule has 0 fully saturated rings. The van der Waals surface area contributed by atoms with Gasteiger partial charge >= 0.3 is 5.97 Å². The topological polar surface area (TPSA) is 72.5 Å². The lowest BCUT2D eigenvalue weighted by atomic mass is 9.83. The van der Waals surface area contributed by atoms with Gasteiger partial charge in [-0.2, -0.15) is 0 Å². The number of benzene rings is 2. The summed E-state index contributed by atoms with van der Waals surface area (Å²) < 4.78 is 44.6. The van der Waals surface area contributed by atoms with E-state index >= 15 is 0 Å². The molecule has 5 nitrogen and oxygen atoms in total. The van der Waals surface area contributed by atoms with Gasteiger partial charge in [-0.15, -0.1) is 0 Å². The number of halogens is 1. The highest BCUT2D eigenvalue weighted by atomic mass is 32.2. The van der Waals surface area contributed by atoms with E-state index in [1.165, 1.54) is 18.2 Å². The molecule has 0 amide bonds. The molecule has 0 radical (unpaired) electrons. The predicted molar refractivity (Wildman–Crippen MR) is 103 cm³/mol. The number of carbonyl (C=O) groups excluding carboxylic acids is 1. The number of ether oxygens (including phenoxy) is 1. The van der Waals surface area contributed by atoms with Crippen molar-refractivity contribution in [3.8, 4) is 0 Å². The maximum absolute atomic E-state index is 14.0. The molecule has 3 rings (SSSR count). The van der Waals surface area contributed by atoms with Gasteiger partial charge in [-0.1, -0.05) is 18.2 Å². The van der Waals surface area contributed by atoms with Gasteiger partial charge in [0, 0.05) is 6.54 Å². The lowest BCUT2D eigenvalue weighted by molar-refractivity contribution is -0.142. The van der Waals surface area contributed by atoms with Gasteiger partial charge < -0.3 is 10.1 Å². The second kappa shape index (κ2) is 8.84. The highest BCUT2D eigenvalue weighted by Crippen LogP contribution is 2.34. The van der Waals surface area contributed by atoms with Crippen LogP contribution in [0.15, 0.2) is 52.3 Å². The van der Waals surface area contributed by atoms with Crippen LogP contribution in [0.5, 0.6) is 0 Å². The zero-order chi connectivity index (χ0) is 20.1. The highest BCUT2D eigenvalue weighted by Gasteiger charge is 2.25. The van der Waals surface area contributed by atoms with E-state index in [2.05, 4.69) is 5.32 Å². The minimum atomic E-state index is -3.91. The van der Waals surface area contributed by atoms with Gasteiger partial charge in [0.05, 0.1) is 18.0 Å². The molecule has 1 atom stereocenters. The molecule has 2 aromatic rings. The number of hydrogen-bond donors (Lipinski definition) is 1. The summed E-state index contributed by atoms with van der Waals surface area (Å²) in [6.07, 6.45) is 2.68. The Hall–Kier alpha value is -2.25. The molecule has 150 valence electrons. The predicted octanol–water partition coefficient (Wildman–Crippen LogP) is 3.23. The molecule has 1 aliphatic rings. The molecule has 7 heteroatoms. The van der Waals surface area contributed by atoms with Crippen LogP contribution in [-0.2, 0) is 25.8 Å². The molecule has 0 aliphatic heterocycles. The van der Waals surface area contributed by atoms with Crippen LogP contribution in [0.25, 0.3) is 0 Å². The number of carbonyl (C=O) groups is 1. The van der Waals surface area contributed by atoms with Crippen LogP contribution in [0.2, 0.25) is 0 Å². The normalized spacial score (nSPS) is 16.4. The molecule has 1 N–H and O–H groups in total. The SMILES string of the molecule is CCOC(=O)CNC[C@@H]1CCCc2cc(S(=O)(=O)c3ccccc3F)ccc21. The van der Waals surface area contributed by atoms with Gasteiger partial charge in [-0.05, 0) is 67.5 Å². The van der Waals surface area contributed by atoms with Gasteiger partial charge in [0.25, 0.3) is 0 Å². The summed E-state index contributed by atoms with van der Waals surface area (Å²) in [5.41, 5.74) is 2.04. The van der Waals surface area contributed by atoms with E-state index < -0.39 is 15.7 Å². The highest BCUT2D eigenvalue weighted by molar-refractivity contribution is 7.91. The monoisotopic (exact) mass is 405 g/mol. The molecule has 0 heterocycles. The van der Waals surface area contributed by atoms with Crippen LogP contribution in [-0.4, -0.2) is 34.1 Å². The number of sulfone groups is 1. The first-order valence-corrected chi connectivity index (χ1v) is 10.9. The van der Waals surface area contributed by atoms with E-state index in [9.17, 15) is 17.6 Å². The van der Waals surface area contributed by atoms with Crippen molar-refractivity contribution in [3.63, 3.8) is 0 Å². The average Bonchev–Trinajstić information content (AvgIpc) is 2.68. The van der Waals surface area contributed by atoms with Crippen molar-refractivity contribution < 1.29 is 22.3 Å². The van der Waals surface area contributed by atoms with Crippen LogP contribution in [0.4, 0.5) is 4.39 Å². The molecule has 0 spiro atoms. The summed E-state index contributed by atoms with van der Waals surface area (Å²) in [6, 6.07) is 10.4. The maximum atomic E-state index is 14.0. The molecular formula is C21H24FNO4S. The molecule has 28 heavy (non-hydrogen) atoms. The van der Waals surface area contributed by atoms with Gasteiger partial charge in [0.2, 0.25) is 9.84 Å². The number of fused-ring (bicyclic) bond motifs is 1. The minimum absolute atomic E-state index is 0.108. The summed E-state index contributed by atoms with van der Waals surface area (Å²) in [4.78, 5) is 11.3. The maximum Gasteiger partial charge on any atom is 0.319 e. The zero-order valence-corrected chi connectivity index (χ0v) is 16.6. The number of aryl methyl sites for hydroxylation is 1. The third-order valence-electron chi connectivity index (χ3n) is 4.95. The summed E-state index contributed by atoms with van der Waals surface area (Å²) in [7, 11) is -3.91. The number of rotatable bonds is 7. The fourth-order valence-electron chi connectivity index (χ4n) is 3.62. The first kappa shape index (κ1) is 20.5. The minimum Gasteiger partial charge on any atom is -0.465 e. The largest absolute Gasteiger partial charge is 0.465 e. The van der Waals surface area contributed by atoms with Gasteiger partial charge in [0.15, 0.2) is 0 Å². The van der Waals surface area contributed by atoms with E-state index in [1.54, 1.807) is 19.1 Å². The third-order valence-corrected chi connectivity index (χ3v) is 6.74. The van der Waals surface area contributed by atoms with Crippen LogP contribution in [0.1, 0.15) is 36.8 Å².